The Balaban J connectivity index is 0.00000222. The molecule has 0 aromatic heterocycles. The first kappa shape index (κ1) is 29.8. The van der Waals surface area contributed by atoms with Crippen LogP contribution < -0.4 is 0 Å². The summed E-state index contributed by atoms with van der Waals surface area (Å²) in [5.74, 6) is -0.407. The quantitative estimate of drug-likeness (QED) is 0.514. The van der Waals surface area contributed by atoms with E-state index in [0.29, 0.717) is 63.5 Å². The largest absolute Gasteiger partial charge is 0.416 e. The van der Waals surface area contributed by atoms with Gasteiger partial charge >= 0.3 is 12.2 Å². The van der Waals surface area contributed by atoms with Crippen LogP contribution in [0.3, 0.4) is 0 Å². The average Bonchev–Trinajstić information content (AvgIpc) is 2.83. The molecule has 2 saturated heterocycles. The van der Waals surface area contributed by atoms with Crippen LogP contribution in [0.15, 0.2) is 41.5 Å². The minimum atomic E-state index is -4.43. The zero-order valence-corrected chi connectivity index (χ0v) is 22.1. The third-order valence-electron chi connectivity index (χ3n) is 6.25. The van der Waals surface area contributed by atoms with Crippen molar-refractivity contribution in [3.8, 4) is 0 Å². The van der Waals surface area contributed by atoms with Gasteiger partial charge in [-0.05, 0) is 38.8 Å². The summed E-state index contributed by atoms with van der Waals surface area (Å²) in [6.07, 6.45) is -3.57. The van der Waals surface area contributed by atoms with Crippen LogP contribution in [-0.4, -0.2) is 71.6 Å². The lowest BCUT2D eigenvalue weighted by atomic mass is 9.82. The minimum Gasteiger partial charge on any atom is -0.390 e. The predicted octanol–water partition coefficient (Wildman–Crippen LogP) is 5.72. The summed E-state index contributed by atoms with van der Waals surface area (Å²) in [4.78, 5) is 21.3. The van der Waals surface area contributed by atoms with Gasteiger partial charge in [-0.2, -0.15) is 13.2 Å². The fourth-order valence-corrected chi connectivity index (χ4v) is 4.60. The molecule has 3 rings (SSSR count). The number of amides is 2. The maximum Gasteiger partial charge on any atom is 0.416 e. The zero-order valence-electron chi connectivity index (χ0n) is 22.1. The second kappa shape index (κ2) is 12.7. The number of morpholine rings is 1. The molecule has 36 heavy (non-hydrogen) atoms. The number of alkyl halides is 3. The lowest BCUT2D eigenvalue weighted by Gasteiger charge is -2.41. The van der Waals surface area contributed by atoms with E-state index in [-0.39, 0.29) is 17.9 Å². The number of benzene rings is 1. The maximum atomic E-state index is 13.3. The number of ether oxygens (including phenoxy) is 1. The van der Waals surface area contributed by atoms with E-state index in [1.807, 2.05) is 20.8 Å². The number of aliphatic imine (C=N–C) groups is 1. The molecule has 9 heteroatoms. The first-order chi connectivity index (χ1) is 16.8. The molecule has 202 valence electrons. The van der Waals surface area contributed by atoms with E-state index in [9.17, 15) is 23.1 Å². The van der Waals surface area contributed by atoms with Gasteiger partial charge in [-0.3, -0.25) is 4.99 Å². The lowest BCUT2D eigenvalue weighted by molar-refractivity contribution is -0.137. The van der Waals surface area contributed by atoms with Gasteiger partial charge in [-0.15, -0.1) is 0 Å². The van der Waals surface area contributed by atoms with Crippen LogP contribution in [0.1, 0.15) is 64.5 Å². The van der Waals surface area contributed by atoms with Crippen molar-refractivity contribution in [3.05, 3.63) is 47.7 Å². The first-order valence-corrected chi connectivity index (χ1v) is 12.6. The summed E-state index contributed by atoms with van der Waals surface area (Å²) in [6, 6.07) is 5.23. The smallest absolute Gasteiger partial charge is 0.390 e. The van der Waals surface area contributed by atoms with Crippen molar-refractivity contribution in [1.29, 1.82) is 0 Å². The highest BCUT2D eigenvalue weighted by molar-refractivity contribution is 5.86. The Morgan fingerprint density at radius 1 is 1.17 bits per heavy atom. The van der Waals surface area contributed by atoms with Gasteiger partial charge in [0.25, 0.3) is 0 Å². The number of halogens is 3. The van der Waals surface area contributed by atoms with E-state index in [1.165, 1.54) is 12.1 Å². The molecule has 2 unspecified atom stereocenters. The van der Waals surface area contributed by atoms with Gasteiger partial charge in [0.2, 0.25) is 0 Å². The van der Waals surface area contributed by atoms with E-state index in [1.54, 1.807) is 29.7 Å². The van der Waals surface area contributed by atoms with Crippen LogP contribution in [0.5, 0.6) is 0 Å². The standard InChI is InChI=1S/C25H34F3N3O3.C2H6/c1-17(14-24(3,4)33)29-18(2)20-12-21(19-6-5-7-22(13-19)25(26,27)28)16-31(15-20)23(32)30-8-10-34-11-9-30;1-2/h5-7,13,20-21,33H,1,8-12,14-16H2,2-4H3;1-2H3. The Labute approximate surface area is 212 Å². The summed E-state index contributed by atoms with van der Waals surface area (Å²) < 4.78 is 45.3. The molecular formula is C27H40F3N3O3. The molecule has 2 fully saturated rings. The van der Waals surface area contributed by atoms with Crippen molar-refractivity contribution >= 4 is 11.7 Å². The van der Waals surface area contributed by atoms with E-state index >= 15 is 0 Å². The highest BCUT2D eigenvalue weighted by atomic mass is 19.4. The molecule has 2 atom stereocenters. The Morgan fingerprint density at radius 2 is 1.81 bits per heavy atom. The highest BCUT2D eigenvalue weighted by Gasteiger charge is 2.36. The van der Waals surface area contributed by atoms with E-state index in [2.05, 4.69) is 11.6 Å². The number of piperidine rings is 1. The molecule has 0 radical (unpaired) electrons. The van der Waals surface area contributed by atoms with Crippen molar-refractivity contribution in [2.24, 2.45) is 10.9 Å². The average molecular weight is 512 g/mol. The fourth-order valence-electron chi connectivity index (χ4n) is 4.60. The van der Waals surface area contributed by atoms with Gasteiger partial charge in [0.05, 0.1) is 24.4 Å². The molecule has 0 saturated carbocycles. The van der Waals surface area contributed by atoms with Gasteiger partial charge in [0.15, 0.2) is 0 Å². The number of hydrogen-bond acceptors (Lipinski definition) is 4. The Hall–Kier alpha value is -2.39. The SMILES string of the molecule is C=C(CC(C)(C)O)N=C(C)C1CC(c2cccc(C(F)(F)F)c2)CN(C(=O)N2CCOCC2)C1.CC. The van der Waals surface area contributed by atoms with Gasteiger partial charge < -0.3 is 19.6 Å². The number of carbonyl (C=O) groups excluding carboxylic acids is 1. The van der Waals surface area contributed by atoms with Crippen molar-refractivity contribution in [3.63, 3.8) is 0 Å². The van der Waals surface area contributed by atoms with E-state index in [0.717, 1.165) is 11.8 Å². The molecule has 2 aliphatic heterocycles. The third kappa shape index (κ3) is 8.62. The summed E-state index contributed by atoms with van der Waals surface area (Å²) in [7, 11) is 0. The number of aliphatic hydroxyl groups is 1. The Kier molecular flexibility index (Phi) is 10.5. The van der Waals surface area contributed by atoms with E-state index in [4.69, 9.17) is 4.74 Å². The Bertz CT molecular complexity index is 919. The van der Waals surface area contributed by atoms with Crippen LogP contribution in [0.2, 0.25) is 0 Å². The van der Waals surface area contributed by atoms with Gasteiger partial charge in [-0.1, -0.05) is 38.6 Å². The molecule has 2 amide bonds. The summed E-state index contributed by atoms with van der Waals surface area (Å²) >= 11 is 0. The molecular weight excluding hydrogens is 471 g/mol. The van der Waals surface area contributed by atoms with Crippen molar-refractivity contribution in [1.82, 2.24) is 9.80 Å². The Morgan fingerprint density at radius 3 is 2.39 bits per heavy atom. The van der Waals surface area contributed by atoms with Crippen LogP contribution in [0.25, 0.3) is 0 Å². The van der Waals surface area contributed by atoms with Gasteiger partial charge in [-0.25, -0.2) is 4.79 Å². The molecule has 0 aliphatic carbocycles. The van der Waals surface area contributed by atoms with Crippen LogP contribution in [-0.2, 0) is 10.9 Å². The van der Waals surface area contributed by atoms with Crippen LogP contribution in [0, 0.1) is 5.92 Å². The van der Waals surface area contributed by atoms with Crippen molar-refractivity contribution < 1.29 is 27.8 Å². The lowest BCUT2D eigenvalue weighted by Crippen LogP contribution is -2.53. The topological polar surface area (TPSA) is 65.4 Å². The number of likely N-dealkylation sites (tertiary alicyclic amines) is 1. The number of urea groups is 1. The van der Waals surface area contributed by atoms with Crippen LogP contribution in [0.4, 0.5) is 18.0 Å². The maximum absolute atomic E-state index is 13.3. The normalized spacial score (nSPS) is 21.5. The molecule has 2 heterocycles. The zero-order chi connectivity index (χ0) is 27.1. The number of rotatable bonds is 5. The second-order valence-corrected chi connectivity index (χ2v) is 9.85. The monoisotopic (exact) mass is 511 g/mol. The summed E-state index contributed by atoms with van der Waals surface area (Å²) in [6.45, 7) is 15.8. The molecule has 1 N–H and O–H groups in total. The summed E-state index contributed by atoms with van der Waals surface area (Å²) in [5.41, 5.74) is 0.194. The molecule has 0 spiro atoms. The van der Waals surface area contributed by atoms with Crippen molar-refractivity contribution in [2.45, 2.75) is 65.2 Å². The molecule has 0 bridgehead atoms. The van der Waals surface area contributed by atoms with Crippen LogP contribution >= 0.6 is 0 Å². The fraction of sp³-hybridized carbons (Fsp3) is 0.630. The minimum absolute atomic E-state index is 0.131. The number of nitrogens with zero attached hydrogens (tertiary/aromatic N) is 3. The van der Waals surface area contributed by atoms with Crippen molar-refractivity contribution in [2.75, 3.05) is 39.4 Å². The van der Waals surface area contributed by atoms with Gasteiger partial charge in [0.1, 0.15) is 0 Å². The predicted molar refractivity (Wildman–Crippen MR) is 136 cm³/mol. The third-order valence-corrected chi connectivity index (χ3v) is 6.25. The number of hydrogen-bond donors (Lipinski definition) is 1. The second-order valence-electron chi connectivity index (χ2n) is 9.85. The molecule has 1 aromatic rings. The molecule has 6 nitrogen and oxygen atoms in total. The number of carbonyl (C=O) groups is 1. The summed E-state index contributed by atoms with van der Waals surface area (Å²) in [5, 5.41) is 10.1. The molecule has 1 aromatic carbocycles. The van der Waals surface area contributed by atoms with Gasteiger partial charge in [0, 0.05) is 55.8 Å². The first-order valence-electron chi connectivity index (χ1n) is 12.6. The van der Waals surface area contributed by atoms with E-state index < -0.39 is 17.3 Å². The molecule has 2 aliphatic rings. The highest BCUT2D eigenvalue weighted by Crippen LogP contribution is 2.36.